The minimum absolute atomic E-state index is 0.0307. The van der Waals surface area contributed by atoms with E-state index in [0.717, 1.165) is 37.2 Å². The first-order chi connectivity index (χ1) is 14.1. The number of hydrogen-bond donors (Lipinski definition) is 3. The fourth-order valence-corrected chi connectivity index (χ4v) is 4.11. The Kier molecular flexibility index (Phi) is 7.49. The number of rotatable bonds is 6. The van der Waals surface area contributed by atoms with Crippen molar-refractivity contribution in [3.63, 3.8) is 0 Å². The van der Waals surface area contributed by atoms with E-state index >= 15 is 0 Å². The van der Waals surface area contributed by atoms with Crippen molar-refractivity contribution in [1.29, 1.82) is 0 Å². The van der Waals surface area contributed by atoms with Gasteiger partial charge in [0.05, 0.1) is 6.54 Å². The molecule has 0 aromatic heterocycles. The van der Waals surface area contributed by atoms with E-state index in [-0.39, 0.29) is 17.7 Å². The van der Waals surface area contributed by atoms with E-state index in [9.17, 15) is 9.59 Å². The van der Waals surface area contributed by atoms with Gasteiger partial charge >= 0.3 is 0 Å². The predicted octanol–water partition coefficient (Wildman–Crippen LogP) is 2.46. The third-order valence-corrected chi connectivity index (χ3v) is 5.68. The van der Waals surface area contributed by atoms with Crippen molar-refractivity contribution in [2.45, 2.75) is 57.9 Å². The highest BCUT2D eigenvalue weighted by Gasteiger charge is 2.25. The maximum Gasteiger partial charge on any atom is 0.225 e. The maximum atomic E-state index is 12.5. The summed E-state index contributed by atoms with van der Waals surface area (Å²) >= 11 is 0. The van der Waals surface area contributed by atoms with Crippen LogP contribution in [0.4, 0.5) is 5.69 Å². The van der Waals surface area contributed by atoms with E-state index in [1.807, 2.05) is 36.1 Å². The van der Waals surface area contributed by atoms with Gasteiger partial charge in [-0.05, 0) is 44.7 Å². The number of benzene rings is 1. The molecule has 158 valence electrons. The number of likely N-dealkylation sites (tertiary alicyclic amines) is 1. The van der Waals surface area contributed by atoms with Crippen LogP contribution in [0.25, 0.3) is 0 Å². The largest absolute Gasteiger partial charge is 0.357 e. The fourth-order valence-electron chi connectivity index (χ4n) is 4.11. The molecule has 29 heavy (non-hydrogen) atoms. The first-order valence-corrected chi connectivity index (χ1v) is 10.8. The smallest absolute Gasteiger partial charge is 0.225 e. The summed E-state index contributed by atoms with van der Waals surface area (Å²) < 4.78 is 0. The van der Waals surface area contributed by atoms with Crippen LogP contribution in [0.5, 0.6) is 0 Å². The molecule has 0 spiro atoms. The zero-order chi connectivity index (χ0) is 20.6. The molecule has 2 amide bonds. The van der Waals surface area contributed by atoms with Gasteiger partial charge in [0.2, 0.25) is 11.8 Å². The molecule has 2 aliphatic heterocycles. The van der Waals surface area contributed by atoms with Crippen LogP contribution in [-0.2, 0) is 9.59 Å². The van der Waals surface area contributed by atoms with E-state index < -0.39 is 0 Å². The Bertz CT molecular complexity index is 748. The van der Waals surface area contributed by atoms with Crippen LogP contribution in [0, 0.1) is 0 Å². The quantitative estimate of drug-likeness (QED) is 0.507. The lowest BCUT2D eigenvalue weighted by Crippen LogP contribution is -2.44. The van der Waals surface area contributed by atoms with Gasteiger partial charge in [-0.2, -0.15) is 0 Å². The first-order valence-electron chi connectivity index (χ1n) is 10.8. The molecule has 7 heteroatoms. The zero-order valence-electron chi connectivity index (χ0n) is 17.5. The second-order valence-corrected chi connectivity index (χ2v) is 7.86. The number of carbonyl (C=O) groups excluding carboxylic acids is 2. The van der Waals surface area contributed by atoms with Gasteiger partial charge in [0.25, 0.3) is 0 Å². The number of guanidine groups is 1. The molecule has 3 rings (SSSR count). The summed E-state index contributed by atoms with van der Waals surface area (Å²) in [5.74, 6) is 0.989. The summed E-state index contributed by atoms with van der Waals surface area (Å²) in [7, 11) is 0. The number of para-hydroxylation sites is 1. The number of fused-ring (bicyclic) bond motifs is 1. The summed E-state index contributed by atoms with van der Waals surface area (Å²) in [5.41, 5.74) is 2.00. The Balaban J connectivity index is 1.55. The Hall–Kier alpha value is -2.57. The second-order valence-electron chi connectivity index (χ2n) is 7.86. The lowest BCUT2D eigenvalue weighted by Gasteiger charge is -2.33. The highest BCUT2D eigenvalue weighted by atomic mass is 16.2. The lowest BCUT2D eigenvalue weighted by molar-refractivity contribution is -0.134. The predicted molar refractivity (Wildman–Crippen MR) is 116 cm³/mol. The number of nitrogens with one attached hydrogen (secondary N) is 3. The molecule has 0 saturated carbocycles. The molecule has 7 nitrogen and oxygen atoms in total. The van der Waals surface area contributed by atoms with Crippen LogP contribution in [0.1, 0.15) is 57.4 Å². The van der Waals surface area contributed by atoms with Crippen LogP contribution in [-0.4, -0.2) is 54.9 Å². The van der Waals surface area contributed by atoms with E-state index in [0.29, 0.717) is 37.9 Å². The first kappa shape index (κ1) is 21.1. The van der Waals surface area contributed by atoms with Crippen molar-refractivity contribution >= 4 is 23.5 Å². The van der Waals surface area contributed by atoms with Gasteiger partial charge in [-0.3, -0.25) is 14.6 Å². The van der Waals surface area contributed by atoms with E-state index in [1.54, 1.807) is 0 Å². The Morgan fingerprint density at radius 1 is 1.28 bits per heavy atom. The summed E-state index contributed by atoms with van der Waals surface area (Å²) in [4.78, 5) is 31.2. The fraction of sp³-hybridized carbons (Fsp3) is 0.591. The van der Waals surface area contributed by atoms with Gasteiger partial charge in [-0.25, -0.2) is 0 Å². The highest BCUT2D eigenvalue weighted by molar-refractivity contribution is 5.94. The van der Waals surface area contributed by atoms with E-state index in [4.69, 9.17) is 0 Å². The number of piperidine rings is 1. The molecular weight excluding hydrogens is 366 g/mol. The zero-order valence-corrected chi connectivity index (χ0v) is 17.5. The summed E-state index contributed by atoms with van der Waals surface area (Å²) in [6.07, 6.45) is 4.31. The van der Waals surface area contributed by atoms with Crippen molar-refractivity contribution in [3.05, 3.63) is 29.8 Å². The Labute approximate surface area is 173 Å². The maximum absolute atomic E-state index is 12.5. The molecule has 2 unspecified atom stereocenters. The SMILES string of the molecule is CCNC(=NCC1CC(=O)Nc2ccccc21)NCCC(=O)N1CCCCC1C. The van der Waals surface area contributed by atoms with E-state index in [2.05, 4.69) is 27.9 Å². The summed E-state index contributed by atoms with van der Waals surface area (Å²) in [5, 5.41) is 9.43. The standard InChI is InChI=1S/C22H33N5O2/c1-3-23-22(24-12-11-21(29)27-13-7-6-8-16(27)2)25-15-17-14-20(28)26-19-10-5-4-9-18(17)19/h4-5,9-10,16-17H,3,6-8,11-15H2,1-2H3,(H,26,28)(H2,23,24,25). The van der Waals surface area contributed by atoms with Crippen LogP contribution >= 0.6 is 0 Å². The van der Waals surface area contributed by atoms with Gasteiger partial charge < -0.3 is 20.9 Å². The molecule has 1 aromatic rings. The van der Waals surface area contributed by atoms with Crippen molar-refractivity contribution < 1.29 is 9.59 Å². The molecule has 2 aliphatic rings. The molecule has 1 fully saturated rings. The van der Waals surface area contributed by atoms with Crippen molar-refractivity contribution in [3.8, 4) is 0 Å². The number of amides is 2. The normalized spacial score (nSPS) is 21.9. The van der Waals surface area contributed by atoms with Crippen LogP contribution in [0.15, 0.2) is 29.3 Å². The second kappa shape index (κ2) is 10.3. The van der Waals surface area contributed by atoms with Crippen molar-refractivity contribution in [2.75, 3.05) is 31.5 Å². The average Bonchev–Trinajstić information content (AvgIpc) is 2.71. The molecule has 0 radical (unpaired) electrons. The minimum Gasteiger partial charge on any atom is -0.357 e. The van der Waals surface area contributed by atoms with Gasteiger partial charge in [0.15, 0.2) is 5.96 Å². The third kappa shape index (κ3) is 5.71. The van der Waals surface area contributed by atoms with Crippen LogP contribution in [0.2, 0.25) is 0 Å². The Morgan fingerprint density at radius 3 is 2.90 bits per heavy atom. The van der Waals surface area contributed by atoms with Gasteiger partial charge in [0.1, 0.15) is 0 Å². The monoisotopic (exact) mass is 399 g/mol. The minimum atomic E-state index is 0.0307. The molecule has 1 aromatic carbocycles. The van der Waals surface area contributed by atoms with Crippen molar-refractivity contribution in [2.24, 2.45) is 4.99 Å². The number of anilines is 1. The third-order valence-electron chi connectivity index (χ3n) is 5.68. The molecule has 1 saturated heterocycles. The highest BCUT2D eigenvalue weighted by Crippen LogP contribution is 2.31. The lowest BCUT2D eigenvalue weighted by atomic mass is 9.91. The molecule has 0 bridgehead atoms. The Morgan fingerprint density at radius 2 is 2.10 bits per heavy atom. The van der Waals surface area contributed by atoms with Gasteiger partial charge in [-0.15, -0.1) is 0 Å². The number of hydrogen-bond acceptors (Lipinski definition) is 3. The molecular formula is C22H33N5O2. The topological polar surface area (TPSA) is 85.8 Å². The van der Waals surface area contributed by atoms with E-state index in [1.165, 1.54) is 6.42 Å². The number of carbonyl (C=O) groups is 2. The molecule has 2 atom stereocenters. The van der Waals surface area contributed by atoms with Gasteiger partial charge in [-0.1, -0.05) is 18.2 Å². The van der Waals surface area contributed by atoms with Gasteiger partial charge in [0, 0.05) is 50.1 Å². The summed E-state index contributed by atoms with van der Waals surface area (Å²) in [6.45, 7) is 6.84. The number of nitrogens with zero attached hydrogens (tertiary/aromatic N) is 2. The van der Waals surface area contributed by atoms with Crippen molar-refractivity contribution in [1.82, 2.24) is 15.5 Å². The average molecular weight is 400 g/mol. The molecule has 3 N–H and O–H groups in total. The number of aliphatic imine (C=N–C) groups is 1. The van der Waals surface area contributed by atoms with Crippen LogP contribution < -0.4 is 16.0 Å². The molecule has 0 aliphatic carbocycles. The summed E-state index contributed by atoms with van der Waals surface area (Å²) in [6, 6.07) is 8.24. The molecule has 2 heterocycles. The van der Waals surface area contributed by atoms with Crippen LogP contribution in [0.3, 0.4) is 0 Å².